The molecule has 0 radical (unpaired) electrons. The number of carbonyl (C=O) groups is 1. The molecule has 22 heavy (non-hydrogen) atoms. The third kappa shape index (κ3) is 4.37. The normalized spacial score (nSPS) is 11.8. The Balaban J connectivity index is 1.97. The Morgan fingerprint density at radius 3 is 2.32 bits per heavy atom. The van der Waals surface area contributed by atoms with Crippen LogP contribution in [0.4, 0.5) is 0 Å². The van der Waals surface area contributed by atoms with Crippen molar-refractivity contribution in [3.63, 3.8) is 0 Å². The van der Waals surface area contributed by atoms with Crippen LogP contribution in [-0.4, -0.2) is 24.7 Å². The van der Waals surface area contributed by atoms with Gasteiger partial charge < -0.3 is 15.2 Å². The Morgan fingerprint density at radius 2 is 1.77 bits per heavy atom. The number of benzene rings is 2. The maximum Gasteiger partial charge on any atom is 0.251 e. The molecule has 6 heteroatoms. The predicted octanol–water partition coefficient (Wildman–Crippen LogP) is 3.47. The van der Waals surface area contributed by atoms with E-state index in [0.29, 0.717) is 26.9 Å². The van der Waals surface area contributed by atoms with Crippen molar-refractivity contribution < 1.29 is 14.6 Å². The van der Waals surface area contributed by atoms with Gasteiger partial charge in [-0.1, -0.05) is 23.2 Å². The molecule has 0 saturated carbocycles. The number of aliphatic hydroxyl groups is 1. The quantitative estimate of drug-likeness (QED) is 0.876. The Kier molecular flexibility index (Phi) is 5.66. The molecular formula is C16H15Cl2NO3. The van der Waals surface area contributed by atoms with Gasteiger partial charge in [0.2, 0.25) is 0 Å². The maximum atomic E-state index is 12.0. The first-order valence-electron chi connectivity index (χ1n) is 6.56. The molecule has 0 aliphatic rings. The second-order valence-electron chi connectivity index (χ2n) is 4.66. The average molecular weight is 340 g/mol. The number of halogens is 2. The molecule has 2 rings (SSSR count). The van der Waals surface area contributed by atoms with E-state index in [9.17, 15) is 9.90 Å². The zero-order valence-corrected chi connectivity index (χ0v) is 13.4. The smallest absolute Gasteiger partial charge is 0.251 e. The highest BCUT2D eigenvalue weighted by molar-refractivity contribution is 6.34. The number of aliphatic hydroxyl groups excluding tert-OH is 1. The average Bonchev–Trinajstić information content (AvgIpc) is 2.51. The molecule has 0 saturated heterocycles. The summed E-state index contributed by atoms with van der Waals surface area (Å²) >= 11 is 11.8. The summed E-state index contributed by atoms with van der Waals surface area (Å²) in [5.74, 6) is 0.389. The van der Waals surface area contributed by atoms with Crippen LogP contribution in [-0.2, 0) is 0 Å². The molecule has 2 aromatic carbocycles. The summed E-state index contributed by atoms with van der Waals surface area (Å²) in [5.41, 5.74) is 1.03. The molecule has 0 aliphatic heterocycles. The molecule has 2 N–H and O–H groups in total. The lowest BCUT2D eigenvalue weighted by Gasteiger charge is -2.13. The number of amides is 1. The van der Waals surface area contributed by atoms with Crippen molar-refractivity contribution in [2.45, 2.75) is 6.10 Å². The van der Waals surface area contributed by atoms with Gasteiger partial charge >= 0.3 is 0 Å². The molecule has 116 valence electrons. The minimum Gasteiger partial charge on any atom is -0.497 e. The lowest BCUT2D eigenvalue weighted by molar-refractivity contribution is 0.0916. The van der Waals surface area contributed by atoms with Crippen LogP contribution in [0.25, 0.3) is 0 Å². The van der Waals surface area contributed by atoms with Crippen LogP contribution in [0.1, 0.15) is 22.0 Å². The number of nitrogens with one attached hydrogen (secondary N) is 1. The van der Waals surface area contributed by atoms with Gasteiger partial charge in [0.15, 0.2) is 0 Å². The second kappa shape index (κ2) is 7.49. The van der Waals surface area contributed by atoms with Crippen molar-refractivity contribution in [1.82, 2.24) is 5.32 Å². The van der Waals surface area contributed by atoms with Crippen molar-refractivity contribution >= 4 is 29.1 Å². The van der Waals surface area contributed by atoms with Crippen LogP contribution in [0.5, 0.6) is 5.75 Å². The van der Waals surface area contributed by atoms with E-state index in [4.69, 9.17) is 27.9 Å². The summed E-state index contributed by atoms with van der Waals surface area (Å²) in [6.07, 6.45) is -0.890. The zero-order chi connectivity index (χ0) is 16.1. The summed E-state index contributed by atoms with van der Waals surface area (Å²) in [7, 11) is 1.56. The number of hydrogen-bond acceptors (Lipinski definition) is 3. The fourth-order valence-corrected chi connectivity index (χ4v) is 2.46. The van der Waals surface area contributed by atoms with Crippen LogP contribution in [0.3, 0.4) is 0 Å². The number of rotatable bonds is 5. The Labute approximate surface area is 138 Å². The van der Waals surface area contributed by atoms with Crippen LogP contribution < -0.4 is 10.1 Å². The van der Waals surface area contributed by atoms with Crippen LogP contribution in [0, 0.1) is 0 Å². The highest BCUT2D eigenvalue weighted by Crippen LogP contribution is 2.23. The Morgan fingerprint density at radius 1 is 1.18 bits per heavy atom. The fraction of sp³-hybridized carbons (Fsp3) is 0.188. The van der Waals surface area contributed by atoms with Crippen molar-refractivity contribution in [3.05, 3.63) is 63.6 Å². The third-order valence-corrected chi connectivity index (χ3v) is 3.51. The highest BCUT2D eigenvalue weighted by Gasteiger charge is 2.12. The van der Waals surface area contributed by atoms with Gasteiger partial charge in [-0.3, -0.25) is 4.79 Å². The maximum absolute atomic E-state index is 12.0. The van der Waals surface area contributed by atoms with Crippen LogP contribution >= 0.6 is 23.2 Å². The van der Waals surface area contributed by atoms with Crippen molar-refractivity contribution in [3.8, 4) is 5.75 Å². The number of ether oxygens (including phenoxy) is 1. The highest BCUT2D eigenvalue weighted by atomic mass is 35.5. The summed E-state index contributed by atoms with van der Waals surface area (Å²) in [4.78, 5) is 12.0. The van der Waals surface area contributed by atoms with Crippen molar-refractivity contribution in [1.29, 1.82) is 0 Å². The Bertz CT molecular complexity index is 639. The van der Waals surface area contributed by atoms with Gasteiger partial charge in [0.1, 0.15) is 5.75 Å². The van der Waals surface area contributed by atoms with E-state index in [-0.39, 0.29) is 12.5 Å². The third-order valence-electron chi connectivity index (χ3n) is 3.08. The van der Waals surface area contributed by atoms with E-state index >= 15 is 0 Å². The van der Waals surface area contributed by atoms with Crippen molar-refractivity contribution in [2.24, 2.45) is 0 Å². The van der Waals surface area contributed by atoms with Crippen LogP contribution in [0.15, 0.2) is 42.5 Å². The first-order chi connectivity index (χ1) is 10.5. The van der Waals surface area contributed by atoms with Gasteiger partial charge in [-0.2, -0.15) is 0 Å². The number of carbonyl (C=O) groups excluding carboxylic acids is 1. The van der Waals surface area contributed by atoms with Gasteiger partial charge in [0, 0.05) is 22.2 Å². The summed E-state index contributed by atoms with van der Waals surface area (Å²) in [6, 6.07) is 11.5. The van der Waals surface area contributed by atoms with Crippen molar-refractivity contribution in [2.75, 3.05) is 13.7 Å². The van der Waals surface area contributed by atoms with Gasteiger partial charge in [-0.15, -0.1) is 0 Å². The second-order valence-corrected chi connectivity index (χ2v) is 5.53. The minimum absolute atomic E-state index is 0.0571. The molecule has 0 aliphatic carbocycles. The molecule has 2 aromatic rings. The summed E-state index contributed by atoms with van der Waals surface area (Å²) < 4.78 is 5.03. The SMILES string of the molecule is COc1ccc(C(=O)NCC(O)c2cc(Cl)cc(Cl)c2)cc1. The van der Waals surface area contributed by atoms with Gasteiger partial charge in [0.05, 0.1) is 13.2 Å². The van der Waals surface area contributed by atoms with Crippen LogP contribution in [0.2, 0.25) is 10.0 Å². The standard InChI is InChI=1S/C16H15Cl2NO3/c1-22-14-4-2-10(3-5-14)16(21)19-9-15(20)11-6-12(17)8-13(18)7-11/h2-8,15,20H,9H2,1H3,(H,19,21). The molecule has 0 spiro atoms. The van der Waals surface area contributed by atoms with Gasteiger partial charge in [-0.25, -0.2) is 0 Å². The van der Waals surface area contributed by atoms with E-state index < -0.39 is 6.10 Å². The summed E-state index contributed by atoms with van der Waals surface area (Å²) in [5, 5.41) is 13.6. The fourth-order valence-electron chi connectivity index (χ4n) is 1.92. The first kappa shape index (κ1) is 16.6. The van der Waals surface area contributed by atoms with E-state index in [1.807, 2.05) is 0 Å². The molecule has 1 amide bonds. The topological polar surface area (TPSA) is 58.6 Å². The molecule has 1 atom stereocenters. The predicted molar refractivity (Wildman–Crippen MR) is 86.7 cm³/mol. The van der Waals surface area contributed by atoms with E-state index in [0.717, 1.165) is 0 Å². The summed E-state index contributed by atoms with van der Waals surface area (Å²) in [6.45, 7) is 0.0571. The molecule has 0 bridgehead atoms. The largest absolute Gasteiger partial charge is 0.497 e. The molecule has 1 unspecified atom stereocenters. The monoisotopic (exact) mass is 339 g/mol. The first-order valence-corrected chi connectivity index (χ1v) is 7.31. The number of methoxy groups -OCH3 is 1. The molecular weight excluding hydrogens is 325 g/mol. The lowest BCUT2D eigenvalue weighted by Crippen LogP contribution is -2.28. The molecule has 4 nitrogen and oxygen atoms in total. The molecule has 0 aromatic heterocycles. The van der Waals surface area contributed by atoms with Gasteiger partial charge in [-0.05, 0) is 48.0 Å². The van der Waals surface area contributed by atoms with E-state index in [1.54, 1.807) is 49.6 Å². The lowest BCUT2D eigenvalue weighted by atomic mass is 10.1. The van der Waals surface area contributed by atoms with Gasteiger partial charge in [0.25, 0.3) is 5.91 Å². The zero-order valence-electron chi connectivity index (χ0n) is 11.8. The van der Waals surface area contributed by atoms with E-state index in [1.165, 1.54) is 0 Å². The number of hydrogen-bond donors (Lipinski definition) is 2. The molecule has 0 fully saturated rings. The Hall–Kier alpha value is -1.75. The minimum atomic E-state index is -0.890. The van der Waals surface area contributed by atoms with E-state index in [2.05, 4.69) is 5.32 Å². The molecule has 0 heterocycles.